The molecule has 0 fully saturated rings. The summed E-state index contributed by atoms with van der Waals surface area (Å²) >= 11 is 0. The van der Waals surface area contributed by atoms with E-state index in [0.29, 0.717) is 17.3 Å². The van der Waals surface area contributed by atoms with E-state index in [-0.39, 0.29) is 0 Å². The molecule has 1 heterocycles. The fourth-order valence-corrected chi connectivity index (χ4v) is 1.52. The van der Waals surface area contributed by atoms with Crippen molar-refractivity contribution >= 4 is 0 Å². The molecule has 0 saturated carbocycles. The summed E-state index contributed by atoms with van der Waals surface area (Å²) in [6, 6.07) is 0. The Kier molecular flexibility index (Phi) is 3.66. The molecule has 0 aromatic carbocycles. The number of rotatable bonds is 4. The van der Waals surface area contributed by atoms with Crippen molar-refractivity contribution in [1.82, 2.24) is 10.5 Å². The smallest absolute Gasteiger partial charge is 0.340 e. The Labute approximate surface area is 94.8 Å². The second kappa shape index (κ2) is 4.63. The summed E-state index contributed by atoms with van der Waals surface area (Å²) in [5.41, 5.74) is 2.16. The number of methoxy groups -OCH3 is 2. The Bertz CT molecular complexity index is 380. The summed E-state index contributed by atoms with van der Waals surface area (Å²) in [6.07, 6.45) is 1.59. The molecule has 0 bridgehead atoms. The second-order valence-corrected chi connectivity index (χ2v) is 3.99. The third-order valence-electron chi connectivity index (χ3n) is 2.39. The van der Waals surface area contributed by atoms with Crippen molar-refractivity contribution in [2.45, 2.75) is 19.4 Å². The van der Waals surface area contributed by atoms with E-state index in [9.17, 15) is 5.21 Å². The molecule has 0 aliphatic heterocycles. The summed E-state index contributed by atoms with van der Waals surface area (Å²) < 4.78 is 12.2. The zero-order valence-corrected chi connectivity index (χ0v) is 10.2. The molecule has 0 unspecified atom stereocenters. The van der Waals surface area contributed by atoms with Gasteiger partial charge in [0, 0.05) is 0 Å². The van der Waals surface area contributed by atoms with Crippen molar-refractivity contribution in [1.29, 1.82) is 0 Å². The maximum absolute atomic E-state index is 9.18. The predicted molar refractivity (Wildman–Crippen MR) is 56.5 cm³/mol. The van der Waals surface area contributed by atoms with Gasteiger partial charge in [-0.25, -0.2) is 4.57 Å². The van der Waals surface area contributed by atoms with Gasteiger partial charge in [0.2, 0.25) is 0 Å². The molecule has 1 aromatic rings. The van der Waals surface area contributed by atoms with Crippen molar-refractivity contribution in [3.63, 3.8) is 0 Å². The lowest BCUT2D eigenvalue weighted by molar-refractivity contribution is -0.680. The number of ether oxygens (including phenoxy) is 2. The van der Waals surface area contributed by atoms with Crippen molar-refractivity contribution in [3.05, 3.63) is 11.9 Å². The van der Waals surface area contributed by atoms with Gasteiger partial charge in [-0.1, -0.05) is 0 Å². The number of hydrogen-bond acceptors (Lipinski definition) is 5. The first-order valence-corrected chi connectivity index (χ1v) is 4.86. The molecule has 1 rings (SSSR count). The lowest BCUT2D eigenvalue weighted by Gasteiger charge is -2.23. The summed E-state index contributed by atoms with van der Waals surface area (Å²) in [6.45, 7) is 3.60. The first-order chi connectivity index (χ1) is 7.47. The maximum Gasteiger partial charge on any atom is 0.340 e. The van der Waals surface area contributed by atoms with Crippen LogP contribution < -0.4 is 19.5 Å². The highest BCUT2D eigenvalue weighted by Crippen LogP contribution is 2.32. The highest BCUT2D eigenvalue weighted by atomic mass is 16.5. The van der Waals surface area contributed by atoms with Crippen LogP contribution in [-0.2, 0) is 12.6 Å². The molecule has 90 valence electrons. The molecule has 0 aliphatic carbocycles. The largest absolute Gasteiger partial charge is 0.465 e. The Morgan fingerprint density at radius 2 is 2.00 bits per heavy atom. The highest BCUT2D eigenvalue weighted by molar-refractivity contribution is 5.37. The van der Waals surface area contributed by atoms with Gasteiger partial charge in [0.25, 0.3) is 12.2 Å². The monoisotopic (exact) mass is 228 g/mol. The van der Waals surface area contributed by atoms with Crippen molar-refractivity contribution in [2.24, 2.45) is 7.05 Å². The molecule has 16 heavy (non-hydrogen) atoms. The average Bonchev–Trinajstić information content (AvgIpc) is 2.28. The normalized spacial score (nSPS) is 11.4. The third kappa shape index (κ3) is 2.07. The molecular weight excluding hydrogens is 210 g/mol. The van der Waals surface area contributed by atoms with E-state index in [4.69, 9.17) is 9.47 Å². The van der Waals surface area contributed by atoms with Crippen LogP contribution in [0.15, 0.2) is 6.33 Å². The number of nitrogens with one attached hydrogen (secondary N) is 1. The molecule has 0 radical (unpaired) electrons. The molecule has 2 N–H and O–H groups in total. The molecule has 0 spiro atoms. The third-order valence-corrected chi connectivity index (χ3v) is 2.39. The number of aryl methyl sites for hydroxylation is 1. The quantitative estimate of drug-likeness (QED) is 0.566. The Balaban J connectivity index is 3.48. The fourth-order valence-electron chi connectivity index (χ4n) is 1.52. The standard InChI is InChI=1S/C10H18N3O3/c1-10(2,12-14)7-8(15-4)11-6-13(3)9(7)16-5/h6,12,14H,1-5H3/q+1. The Morgan fingerprint density at radius 3 is 2.44 bits per heavy atom. The van der Waals surface area contributed by atoms with Crippen LogP contribution in [0.1, 0.15) is 19.4 Å². The molecule has 0 atom stereocenters. The van der Waals surface area contributed by atoms with E-state index < -0.39 is 5.54 Å². The lowest BCUT2D eigenvalue weighted by Crippen LogP contribution is -2.40. The van der Waals surface area contributed by atoms with Gasteiger partial charge in [0.15, 0.2) is 0 Å². The van der Waals surface area contributed by atoms with Gasteiger partial charge in [0.05, 0.1) is 26.8 Å². The molecule has 0 amide bonds. The predicted octanol–water partition coefficient (Wildman–Crippen LogP) is 0.137. The maximum atomic E-state index is 9.18. The van der Waals surface area contributed by atoms with Crippen LogP contribution in [0.5, 0.6) is 11.8 Å². The minimum absolute atomic E-state index is 0.418. The molecule has 0 saturated heterocycles. The van der Waals surface area contributed by atoms with Crippen LogP contribution in [0.4, 0.5) is 0 Å². The van der Waals surface area contributed by atoms with Gasteiger partial charge in [-0.15, -0.1) is 0 Å². The van der Waals surface area contributed by atoms with Gasteiger partial charge >= 0.3 is 5.88 Å². The molecule has 6 nitrogen and oxygen atoms in total. The highest BCUT2D eigenvalue weighted by Gasteiger charge is 2.35. The first-order valence-electron chi connectivity index (χ1n) is 4.86. The summed E-state index contributed by atoms with van der Waals surface area (Å²) in [5, 5.41) is 9.18. The topological polar surface area (TPSA) is 67.5 Å². The zero-order valence-electron chi connectivity index (χ0n) is 10.2. The summed E-state index contributed by atoms with van der Waals surface area (Å²) in [5.74, 6) is 1.000. The Morgan fingerprint density at radius 1 is 1.38 bits per heavy atom. The van der Waals surface area contributed by atoms with E-state index in [2.05, 4.69) is 10.5 Å². The number of hydroxylamine groups is 1. The molecule has 0 aliphatic rings. The summed E-state index contributed by atoms with van der Waals surface area (Å²) in [4.78, 5) is 4.13. The van der Waals surface area contributed by atoms with Gasteiger partial charge in [-0.05, 0) is 18.8 Å². The van der Waals surface area contributed by atoms with Crippen LogP contribution in [0.25, 0.3) is 0 Å². The van der Waals surface area contributed by atoms with Crippen molar-refractivity contribution in [2.75, 3.05) is 14.2 Å². The van der Waals surface area contributed by atoms with Gasteiger partial charge < -0.3 is 14.7 Å². The SMILES string of the molecule is COc1nc[n+](C)c(OC)c1C(C)(C)NO. The van der Waals surface area contributed by atoms with Crippen molar-refractivity contribution < 1.29 is 19.2 Å². The van der Waals surface area contributed by atoms with E-state index in [1.54, 1.807) is 31.9 Å². The lowest BCUT2D eigenvalue weighted by atomic mass is 9.97. The van der Waals surface area contributed by atoms with E-state index in [1.165, 1.54) is 7.11 Å². The van der Waals surface area contributed by atoms with Gasteiger partial charge in [-0.2, -0.15) is 5.48 Å². The van der Waals surface area contributed by atoms with Crippen molar-refractivity contribution in [3.8, 4) is 11.8 Å². The van der Waals surface area contributed by atoms with Crippen LogP contribution in [0.3, 0.4) is 0 Å². The van der Waals surface area contributed by atoms with Gasteiger partial charge in [-0.3, -0.25) is 0 Å². The minimum Gasteiger partial charge on any atom is -0.465 e. The van der Waals surface area contributed by atoms with E-state index in [0.717, 1.165) is 0 Å². The van der Waals surface area contributed by atoms with Crippen LogP contribution in [0.2, 0.25) is 0 Å². The van der Waals surface area contributed by atoms with Crippen LogP contribution in [-0.4, -0.2) is 24.4 Å². The molecule has 6 heteroatoms. The van der Waals surface area contributed by atoms with Crippen LogP contribution >= 0.6 is 0 Å². The number of nitrogens with zero attached hydrogens (tertiary/aromatic N) is 2. The average molecular weight is 228 g/mol. The molecular formula is C10H18N3O3+. The number of aromatic nitrogens is 2. The Hall–Kier alpha value is -1.40. The van der Waals surface area contributed by atoms with Crippen LogP contribution in [0, 0.1) is 0 Å². The first kappa shape index (κ1) is 12.7. The second-order valence-electron chi connectivity index (χ2n) is 3.99. The number of hydrogen-bond donors (Lipinski definition) is 2. The zero-order chi connectivity index (χ0) is 12.3. The van der Waals surface area contributed by atoms with E-state index in [1.807, 2.05) is 7.05 Å². The minimum atomic E-state index is -0.720. The molecule has 1 aromatic heterocycles. The van der Waals surface area contributed by atoms with Gasteiger partial charge in [0.1, 0.15) is 5.56 Å². The summed E-state index contributed by atoms with van der Waals surface area (Å²) in [7, 11) is 4.90. The van der Waals surface area contributed by atoms with E-state index >= 15 is 0 Å². The fraction of sp³-hybridized carbons (Fsp3) is 0.600.